The number of nitrogens with two attached hydrogens (primary N) is 1. The third kappa shape index (κ3) is 4.26. The summed E-state index contributed by atoms with van der Waals surface area (Å²) in [6.45, 7) is 4.12. The smallest absolute Gasteiger partial charge is 0.335 e. The molecule has 2 heterocycles. The van der Waals surface area contributed by atoms with E-state index in [0.29, 0.717) is 17.9 Å². The van der Waals surface area contributed by atoms with Crippen molar-refractivity contribution in [1.29, 1.82) is 0 Å². The summed E-state index contributed by atoms with van der Waals surface area (Å²) in [7, 11) is 0. The Morgan fingerprint density at radius 2 is 1.86 bits per heavy atom. The summed E-state index contributed by atoms with van der Waals surface area (Å²) < 4.78 is 7.65. The van der Waals surface area contributed by atoms with Crippen molar-refractivity contribution < 1.29 is 4.74 Å². The highest BCUT2D eigenvalue weighted by molar-refractivity contribution is 7.97. The molecule has 0 atom stereocenters. The molecule has 1 aliphatic rings. The first-order valence-electron chi connectivity index (χ1n) is 9.24. The van der Waals surface area contributed by atoms with Gasteiger partial charge in [0.2, 0.25) is 5.95 Å². The Hall–Kier alpha value is -2.65. The van der Waals surface area contributed by atoms with Gasteiger partial charge in [-0.05, 0) is 74.4 Å². The molecule has 0 unspecified atom stereocenters. The summed E-state index contributed by atoms with van der Waals surface area (Å²) in [5.41, 5.74) is 2.05. The Kier molecular flexibility index (Phi) is 5.45. The van der Waals surface area contributed by atoms with Gasteiger partial charge in [-0.3, -0.25) is 5.14 Å². The summed E-state index contributed by atoms with van der Waals surface area (Å²) in [5.74, 6) is 0.986. The highest BCUT2D eigenvalue weighted by Crippen LogP contribution is 2.38. The summed E-state index contributed by atoms with van der Waals surface area (Å²) in [6, 6.07) is 8.54. The molecule has 0 saturated heterocycles. The number of ether oxygens (including phenoxy) is 1. The maximum Gasteiger partial charge on any atom is 0.335 e. The van der Waals surface area contributed by atoms with Crippen molar-refractivity contribution in [3.8, 4) is 6.01 Å². The molecule has 146 valence electrons. The molecule has 2 aromatic heterocycles. The average molecular weight is 398 g/mol. The topological polar surface area (TPSA) is 104 Å². The lowest BCUT2D eigenvalue weighted by Crippen LogP contribution is -2.32. The Balaban J connectivity index is 1.28. The molecule has 28 heavy (non-hydrogen) atoms. The molecule has 0 amide bonds. The zero-order valence-corrected chi connectivity index (χ0v) is 16.6. The number of rotatable bonds is 7. The Labute approximate surface area is 168 Å². The first-order chi connectivity index (χ1) is 13.6. The van der Waals surface area contributed by atoms with Crippen LogP contribution in [0.1, 0.15) is 44.2 Å². The van der Waals surface area contributed by atoms with Crippen LogP contribution in [0.2, 0.25) is 0 Å². The first kappa shape index (κ1) is 18.7. The van der Waals surface area contributed by atoms with E-state index in [2.05, 4.69) is 39.2 Å². The van der Waals surface area contributed by atoms with Crippen LogP contribution < -0.4 is 15.2 Å². The second-order valence-electron chi connectivity index (χ2n) is 7.12. The van der Waals surface area contributed by atoms with Crippen molar-refractivity contribution in [2.45, 2.75) is 49.6 Å². The van der Waals surface area contributed by atoms with Crippen molar-refractivity contribution >= 4 is 23.6 Å². The molecule has 1 aromatic carbocycles. The first-order valence-corrected chi connectivity index (χ1v) is 10.1. The van der Waals surface area contributed by atoms with Crippen LogP contribution in [-0.2, 0) is 0 Å². The SMILES string of the molecule is CC(C)n1cnc(OC2CC(c3cnc(Nc4ccc(SN)cc4)nc3)C2)n1. The van der Waals surface area contributed by atoms with Crippen LogP contribution in [0.4, 0.5) is 11.6 Å². The van der Waals surface area contributed by atoms with Gasteiger partial charge in [0.15, 0.2) is 0 Å². The zero-order chi connectivity index (χ0) is 19.5. The van der Waals surface area contributed by atoms with Gasteiger partial charge in [0.1, 0.15) is 12.4 Å². The maximum atomic E-state index is 5.85. The minimum Gasteiger partial charge on any atom is -0.459 e. The molecule has 1 fully saturated rings. The molecule has 0 aliphatic heterocycles. The van der Waals surface area contributed by atoms with Crippen molar-refractivity contribution in [3.63, 3.8) is 0 Å². The number of benzene rings is 1. The molecule has 0 spiro atoms. The van der Waals surface area contributed by atoms with Crippen LogP contribution in [0.5, 0.6) is 6.01 Å². The number of hydrogen-bond donors (Lipinski definition) is 2. The van der Waals surface area contributed by atoms with Crippen molar-refractivity contribution in [2.75, 3.05) is 5.32 Å². The van der Waals surface area contributed by atoms with Gasteiger partial charge >= 0.3 is 6.01 Å². The van der Waals surface area contributed by atoms with Gasteiger partial charge in [0, 0.05) is 29.0 Å². The molecule has 1 aliphatic carbocycles. The third-order valence-corrected chi connectivity index (χ3v) is 5.32. The molecule has 4 rings (SSSR count). The number of nitrogens with one attached hydrogen (secondary N) is 1. The van der Waals surface area contributed by atoms with Gasteiger partial charge in [-0.15, -0.1) is 5.10 Å². The molecule has 3 N–H and O–H groups in total. The summed E-state index contributed by atoms with van der Waals surface area (Å²) in [4.78, 5) is 14.1. The van der Waals surface area contributed by atoms with E-state index in [1.165, 1.54) is 11.9 Å². The Morgan fingerprint density at radius 3 is 2.46 bits per heavy atom. The van der Waals surface area contributed by atoms with E-state index in [4.69, 9.17) is 9.88 Å². The highest BCUT2D eigenvalue weighted by Gasteiger charge is 2.33. The minimum atomic E-state index is 0.143. The van der Waals surface area contributed by atoms with E-state index in [1.807, 2.05) is 36.7 Å². The fraction of sp³-hybridized carbons (Fsp3) is 0.368. The lowest BCUT2D eigenvalue weighted by atomic mass is 9.78. The van der Waals surface area contributed by atoms with Gasteiger partial charge in [-0.2, -0.15) is 4.98 Å². The zero-order valence-electron chi connectivity index (χ0n) is 15.8. The van der Waals surface area contributed by atoms with Crippen LogP contribution in [0.25, 0.3) is 0 Å². The van der Waals surface area contributed by atoms with Crippen molar-refractivity contribution in [2.24, 2.45) is 5.14 Å². The van der Waals surface area contributed by atoms with Crippen LogP contribution in [0.3, 0.4) is 0 Å². The second kappa shape index (κ2) is 8.15. The number of aromatic nitrogens is 5. The van der Waals surface area contributed by atoms with Gasteiger partial charge in [-0.25, -0.2) is 14.6 Å². The number of hydrogen-bond acceptors (Lipinski definition) is 8. The van der Waals surface area contributed by atoms with Crippen LogP contribution in [0.15, 0.2) is 47.9 Å². The van der Waals surface area contributed by atoms with E-state index >= 15 is 0 Å². The third-order valence-electron chi connectivity index (χ3n) is 4.77. The Bertz CT molecular complexity index is 905. The molecule has 8 nitrogen and oxygen atoms in total. The van der Waals surface area contributed by atoms with E-state index in [9.17, 15) is 0 Å². The number of nitrogens with zero attached hydrogens (tertiary/aromatic N) is 5. The fourth-order valence-corrected chi connectivity index (χ4v) is 3.30. The van der Waals surface area contributed by atoms with Crippen molar-refractivity contribution in [1.82, 2.24) is 24.7 Å². The van der Waals surface area contributed by atoms with E-state index < -0.39 is 0 Å². The summed E-state index contributed by atoms with van der Waals surface area (Å²) in [6.07, 6.45) is 7.45. The molecule has 0 radical (unpaired) electrons. The largest absolute Gasteiger partial charge is 0.459 e. The number of anilines is 2. The van der Waals surface area contributed by atoms with Gasteiger partial charge in [-0.1, -0.05) is 0 Å². The quantitative estimate of drug-likeness (QED) is 0.582. The fourth-order valence-electron chi connectivity index (χ4n) is 3.00. The molecule has 9 heteroatoms. The predicted octanol–water partition coefficient (Wildman–Crippen LogP) is 3.68. The molecule has 1 saturated carbocycles. The van der Waals surface area contributed by atoms with Crippen LogP contribution >= 0.6 is 11.9 Å². The highest BCUT2D eigenvalue weighted by atomic mass is 32.2. The predicted molar refractivity (Wildman–Crippen MR) is 109 cm³/mol. The van der Waals surface area contributed by atoms with E-state index in [-0.39, 0.29) is 12.1 Å². The minimum absolute atomic E-state index is 0.143. The lowest BCUT2D eigenvalue weighted by Gasteiger charge is -2.34. The standard InChI is InChI=1S/C19H23N7OS/c1-12(2)26-11-23-19(25-26)27-16-7-13(8-16)14-9-21-18(22-10-14)24-15-3-5-17(28-20)6-4-15/h3-6,9-13,16H,7-8,20H2,1-2H3,(H,21,22,24). The summed E-state index contributed by atoms with van der Waals surface area (Å²) >= 11 is 1.22. The van der Waals surface area contributed by atoms with Gasteiger partial charge in [0.25, 0.3) is 0 Å². The average Bonchev–Trinajstić information content (AvgIpc) is 3.15. The molecule has 3 aromatic rings. The van der Waals surface area contributed by atoms with Crippen LogP contribution in [-0.4, -0.2) is 30.8 Å². The monoisotopic (exact) mass is 397 g/mol. The maximum absolute atomic E-state index is 5.85. The normalized spacial score (nSPS) is 18.7. The van der Waals surface area contributed by atoms with E-state index in [0.717, 1.165) is 29.0 Å². The Morgan fingerprint density at radius 1 is 1.14 bits per heavy atom. The molecular formula is C19H23N7OS. The molecule has 0 bridgehead atoms. The van der Waals surface area contributed by atoms with Gasteiger partial charge in [0.05, 0.1) is 0 Å². The van der Waals surface area contributed by atoms with Gasteiger partial charge < -0.3 is 10.1 Å². The van der Waals surface area contributed by atoms with E-state index in [1.54, 1.807) is 11.0 Å². The molecular weight excluding hydrogens is 374 g/mol. The summed E-state index contributed by atoms with van der Waals surface area (Å²) in [5, 5.41) is 13.1. The lowest BCUT2D eigenvalue weighted by molar-refractivity contribution is 0.0875. The second-order valence-corrected chi connectivity index (χ2v) is 7.82. The van der Waals surface area contributed by atoms with Crippen molar-refractivity contribution in [3.05, 3.63) is 48.5 Å². The van der Waals surface area contributed by atoms with Crippen LogP contribution in [0, 0.1) is 0 Å².